The van der Waals surface area contributed by atoms with Crippen molar-refractivity contribution in [2.45, 2.75) is 26.3 Å². The van der Waals surface area contributed by atoms with Gasteiger partial charge in [-0.1, -0.05) is 0 Å². The summed E-state index contributed by atoms with van der Waals surface area (Å²) in [6.45, 7) is 4.06. The first kappa shape index (κ1) is 14.5. The van der Waals surface area contributed by atoms with Crippen LogP contribution in [0.25, 0.3) is 0 Å². The highest BCUT2D eigenvalue weighted by molar-refractivity contribution is 7.11. The van der Waals surface area contributed by atoms with E-state index in [0.717, 1.165) is 6.42 Å². The van der Waals surface area contributed by atoms with Crippen molar-refractivity contribution in [1.29, 1.82) is 0 Å². The fourth-order valence-electron chi connectivity index (χ4n) is 1.95. The summed E-state index contributed by atoms with van der Waals surface area (Å²) in [7, 11) is 0. The average molecular weight is 290 g/mol. The van der Waals surface area contributed by atoms with Gasteiger partial charge in [-0.3, -0.25) is 4.79 Å². The number of hydrazine groups is 1. The number of aromatic nitrogens is 1. The van der Waals surface area contributed by atoms with Gasteiger partial charge in [0.2, 0.25) is 0 Å². The molecule has 0 saturated carbocycles. The Bertz CT molecular complexity index is 596. The summed E-state index contributed by atoms with van der Waals surface area (Å²) in [6.07, 6.45) is 2.40. The largest absolute Gasteiger partial charge is 0.349 e. The minimum atomic E-state index is -0.174. The number of nitrogens with two attached hydrogens (primary N) is 1. The normalized spacial score (nSPS) is 11.9. The SMILES string of the molecule is Cc1ccc(CC(C)NC(=O)c2cccnc2NN)s1. The lowest BCUT2D eigenvalue weighted by atomic mass is 10.1. The topological polar surface area (TPSA) is 80.0 Å². The van der Waals surface area contributed by atoms with Crippen molar-refractivity contribution >= 4 is 23.1 Å². The molecule has 2 aromatic heterocycles. The van der Waals surface area contributed by atoms with E-state index in [9.17, 15) is 4.79 Å². The number of carbonyl (C=O) groups is 1. The second-order valence-corrected chi connectivity index (χ2v) is 6.01. The van der Waals surface area contributed by atoms with Crippen LogP contribution in [0.15, 0.2) is 30.5 Å². The summed E-state index contributed by atoms with van der Waals surface area (Å²) >= 11 is 1.75. The molecule has 0 aromatic carbocycles. The molecule has 2 rings (SSSR count). The minimum absolute atomic E-state index is 0.0476. The number of nitrogen functional groups attached to an aromatic ring is 1. The fraction of sp³-hybridized carbons (Fsp3) is 0.286. The molecule has 0 bridgehead atoms. The molecule has 2 heterocycles. The van der Waals surface area contributed by atoms with Gasteiger partial charge in [-0.25, -0.2) is 10.8 Å². The molecule has 6 heteroatoms. The van der Waals surface area contributed by atoms with Crippen molar-refractivity contribution < 1.29 is 4.79 Å². The lowest BCUT2D eigenvalue weighted by Gasteiger charge is -2.14. The number of anilines is 1. The van der Waals surface area contributed by atoms with Gasteiger partial charge in [0.1, 0.15) is 0 Å². The predicted octanol–water partition coefficient (Wildman–Crippen LogP) is 2.10. The molecule has 106 valence electrons. The monoisotopic (exact) mass is 290 g/mol. The molecule has 5 nitrogen and oxygen atoms in total. The Hall–Kier alpha value is -1.92. The Morgan fingerprint density at radius 2 is 2.25 bits per heavy atom. The van der Waals surface area contributed by atoms with Gasteiger partial charge in [0.15, 0.2) is 5.82 Å². The highest BCUT2D eigenvalue weighted by Gasteiger charge is 2.14. The molecule has 0 aliphatic heterocycles. The number of hydrogen-bond donors (Lipinski definition) is 3. The smallest absolute Gasteiger partial charge is 0.255 e. The molecule has 0 fully saturated rings. The van der Waals surface area contributed by atoms with E-state index in [1.807, 2.05) is 6.92 Å². The number of aryl methyl sites for hydroxylation is 1. The molecule has 1 unspecified atom stereocenters. The van der Waals surface area contributed by atoms with Crippen molar-refractivity contribution in [2.75, 3.05) is 5.43 Å². The number of nitrogens with one attached hydrogen (secondary N) is 2. The van der Waals surface area contributed by atoms with Gasteiger partial charge in [0.05, 0.1) is 5.56 Å². The Kier molecular flexibility index (Phi) is 4.70. The van der Waals surface area contributed by atoms with Gasteiger partial charge >= 0.3 is 0 Å². The molecule has 2 aromatic rings. The highest BCUT2D eigenvalue weighted by Crippen LogP contribution is 2.17. The number of rotatable bonds is 5. The van der Waals surface area contributed by atoms with Crippen LogP contribution in [0.3, 0.4) is 0 Å². The minimum Gasteiger partial charge on any atom is -0.349 e. The standard InChI is InChI=1S/C14H18N4OS/c1-9(8-11-6-5-10(2)20-11)17-14(19)12-4-3-7-16-13(12)18-15/h3-7,9H,8,15H2,1-2H3,(H,16,18)(H,17,19). The van der Waals surface area contributed by atoms with Crippen LogP contribution in [-0.2, 0) is 6.42 Å². The average Bonchev–Trinajstić information content (AvgIpc) is 2.83. The van der Waals surface area contributed by atoms with E-state index >= 15 is 0 Å². The molecule has 20 heavy (non-hydrogen) atoms. The summed E-state index contributed by atoms with van der Waals surface area (Å²) in [4.78, 5) is 18.7. The van der Waals surface area contributed by atoms with Crippen LogP contribution < -0.4 is 16.6 Å². The quantitative estimate of drug-likeness (QED) is 0.582. The molecule has 0 spiro atoms. The van der Waals surface area contributed by atoms with E-state index in [1.54, 1.807) is 29.7 Å². The van der Waals surface area contributed by atoms with Crippen LogP contribution in [-0.4, -0.2) is 16.9 Å². The van der Waals surface area contributed by atoms with Crippen LogP contribution in [0.5, 0.6) is 0 Å². The Balaban J connectivity index is 2.00. The lowest BCUT2D eigenvalue weighted by molar-refractivity contribution is 0.0940. The van der Waals surface area contributed by atoms with Crippen molar-refractivity contribution in [3.8, 4) is 0 Å². The van der Waals surface area contributed by atoms with Crippen LogP contribution in [0.2, 0.25) is 0 Å². The van der Waals surface area contributed by atoms with Crippen molar-refractivity contribution in [2.24, 2.45) is 5.84 Å². The molecule has 0 saturated heterocycles. The van der Waals surface area contributed by atoms with Crippen LogP contribution in [0.1, 0.15) is 27.0 Å². The lowest BCUT2D eigenvalue weighted by Crippen LogP contribution is -2.34. The first-order valence-corrected chi connectivity index (χ1v) is 7.19. The number of thiophene rings is 1. The molecule has 4 N–H and O–H groups in total. The maximum absolute atomic E-state index is 12.2. The number of carbonyl (C=O) groups excluding carboxylic acids is 1. The van der Waals surface area contributed by atoms with Gasteiger partial charge in [-0.05, 0) is 38.1 Å². The van der Waals surface area contributed by atoms with Crippen molar-refractivity contribution in [3.05, 3.63) is 45.8 Å². The Morgan fingerprint density at radius 3 is 2.90 bits per heavy atom. The summed E-state index contributed by atoms with van der Waals surface area (Å²) in [6, 6.07) is 7.64. The predicted molar refractivity (Wildman–Crippen MR) is 81.7 cm³/mol. The number of amides is 1. The fourth-order valence-corrected chi connectivity index (χ4v) is 2.97. The van der Waals surface area contributed by atoms with Crippen LogP contribution in [0, 0.1) is 6.92 Å². The van der Waals surface area contributed by atoms with Crippen LogP contribution >= 0.6 is 11.3 Å². The van der Waals surface area contributed by atoms with Gasteiger partial charge in [0.25, 0.3) is 5.91 Å². The Labute approximate surface area is 122 Å². The molecule has 1 amide bonds. The molecule has 1 atom stereocenters. The Morgan fingerprint density at radius 1 is 1.45 bits per heavy atom. The summed E-state index contributed by atoms with van der Waals surface area (Å²) in [5.74, 6) is 5.56. The van der Waals surface area contributed by atoms with E-state index in [-0.39, 0.29) is 11.9 Å². The third-order valence-corrected chi connectivity index (χ3v) is 3.89. The van der Waals surface area contributed by atoms with Gasteiger partial charge < -0.3 is 10.7 Å². The summed E-state index contributed by atoms with van der Waals surface area (Å²) in [5, 5.41) is 2.96. The van der Waals surface area contributed by atoms with Gasteiger partial charge in [-0.2, -0.15) is 0 Å². The van der Waals surface area contributed by atoms with E-state index in [2.05, 4.69) is 34.8 Å². The summed E-state index contributed by atoms with van der Waals surface area (Å²) in [5.41, 5.74) is 2.88. The highest BCUT2D eigenvalue weighted by atomic mass is 32.1. The zero-order valence-electron chi connectivity index (χ0n) is 11.5. The van der Waals surface area contributed by atoms with Crippen LogP contribution in [0.4, 0.5) is 5.82 Å². The molecular weight excluding hydrogens is 272 g/mol. The van der Waals surface area contributed by atoms with Gasteiger partial charge in [-0.15, -0.1) is 11.3 Å². The maximum Gasteiger partial charge on any atom is 0.255 e. The molecule has 0 radical (unpaired) electrons. The zero-order valence-corrected chi connectivity index (χ0v) is 12.3. The third kappa shape index (κ3) is 3.55. The summed E-state index contributed by atoms with van der Waals surface area (Å²) < 4.78 is 0. The third-order valence-electron chi connectivity index (χ3n) is 2.87. The number of nitrogens with zero attached hydrogens (tertiary/aromatic N) is 1. The van der Waals surface area contributed by atoms with E-state index in [0.29, 0.717) is 11.4 Å². The first-order chi connectivity index (χ1) is 9.60. The maximum atomic E-state index is 12.2. The second-order valence-electron chi connectivity index (χ2n) is 4.63. The van der Waals surface area contributed by atoms with E-state index < -0.39 is 0 Å². The van der Waals surface area contributed by atoms with Crippen molar-refractivity contribution in [3.63, 3.8) is 0 Å². The molecule has 0 aliphatic carbocycles. The van der Waals surface area contributed by atoms with E-state index in [1.165, 1.54) is 9.75 Å². The van der Waals surface area contributed by atoms with E-state index in [4.69, 9.17) is 5.84 Å². The first-order valence-electron chi connectivity index (χ1n) is 6.38. The van der Waals surface area contributed by atoms with Crippen molar-refractivity contribution in [1.82, 2.24) is 10.3 Å². The molecule has 0 aliphatic rings. The number of hydrogen-bond acceptors (Lipinski definition) is 5. The molecular formula is C14H18N4OS. The number of pyridine rings is 1. The zero-order chi connectivity index (χ0) is 14.5. The van der Waals surface area contributed by atoms with Gasteiger partial charge in [0, 0.05) is 28.4 Å². The second kappa shape index (κ2) is 6.49.